The van der Waals surface area contributed by atoms with Crippen molar-refractivity contribution in [3.05, 3.63) is 82.2 Å². The van der Waals surface area contributed by atoms with Crippen LogP contribution < -0.4 is 4.74 Å². The van der Waals surface area contributed by atoms with Crippen molar-refractivity contribution in [1.29, 1.82) is 0 Å². The van der Waals surface area contributed by atoms with Crippen LogP contribution in [0, 0.1) is 11.2 Å². The molecule has 2 amide bonds. The molecule has 0 aliphatic heterocycles. The number of amides is 2. The smallest absolute Gasteiger partial charge is 0.407 e. The summed E-state index contributed by atoms with van der Waals surface area (Å²) in [5.41, 5.74) is 2.58. The van der Waals surface area contributed by atoms with Gasteiger partial charge in [-0.2, -0.15) is 0 Å². The Morgan fingerprint density at radius 3 is 2.27 bits per heavy atom. The van der Waals surface area contributed by atoms with Crippen LogP contribution in [0.5, 0.6) is 5.75 Å². The van der Waals surface area contributed by atoms with Crippen LogP contribution in [0.3, 0.4) is 0 Å². The number of ether oxygens (including phenoxy) is 1. The number of hydrogen-bond acceptors (Lipinski definition) is 5. The molecule has 0 atom stereocenters. The van der Waals surface area contributed by atoms with Gasteiger partial charge in [0.25, 0.3) is 5.91 Å². The van der Waals surface area contributed by atoms with E-state index in [2.05, 4.69) is 4.98 Å². The van der Waals surface area contributed by atoms with Crippen LogP contribution in [0.15, 0.2) is 60.9 Å². The van der Waals surface area contributed by atoms with Gasteiger partial charge < -0.3 is 19.6 Å². The van der Waals surface area contributed by atoms with Gasteiger partial charge in [-0.25, -0.2) is 9.18 Å². The first-order valence-electron chi connectivity index (χ1n) is 14.7. The van der Waals surface area contributed by atoms with Crippen LogP contribution in [0.2, 0.25) is 5.02 Å². The highest BCUT2D eigenvalue weighted by atomic mass is 35.5. The fourth-order valence-electron chi connectivity index (χ4n) is 6.06. The van der Waals surface area contributed by atoms with E-state index in [1.165, 1.54) is 17.4 Å². The Morgan fingerprint density at radius 1 is 1.02 bits per heavy atom. The summed E-state index contributed by atoms with van der Waals surface area (Å²) < 4.78 is 21.1. The Bertz CT molecular complexity index is 1650. The predicted octanol–water partition coefficient (Wildman–Crippen LogP) is 8.74. The van der Waals surface area contributed by atoms with Crippen molar-refractivity contribution in [2.75, 3.05) is 13.7 Å². The molecular formula is C34H37ClFN3O4S. The number of fused-ring (bicyclic) bond motifs is 1. The topological polar surface area (TPSA) is 83.0 Å². The summed E-state index contributed by atoms with van der Waals surface area (Å²) in [6.45, 7) is 6.76. The molecular weight excluding hydrogens is 601 g/mol. The minimum Gasteiger partial charge on any atom is -0.496 e. The monoisotopic (exact) mass is 637 g/mol. The standard InChI is InChI=1S/C34H37ClFN3O4S/c1-34(2,3)20-39(33(41)42)25-11-9-24(10-12-25)38(32(40)31-30(35)29-26(36)6-5-7-28(29)44-31)19-23-18-22(8-13-27(23)43-4)21-14-16-37-17-15-21/h5-8,13-18,24-25H,9-12,19-20H2,1-4H3,(H,41,42). The second-order valence-electron chi connectivity index (χ2n) is 12.5. The number of carboxylic acid groups (broad SMARTS) is 1. The average Bonchev–Trinajstić information content (AvgIpc) is 3.35. The molecule has 1 aliphatic rings. The lowest BCUT2D eigenvalue weighted by molar-refractivity contribution is 0.0492. The van der Waals surface area contributed by atoms with Crippen LogP contribution in [-0.2, 0) is 6.54 Å². The first-order valence-corrected chi connectivity index (χ1v) is 15.9. The number of carbonyl (C=O) groups excluding carboxylic acids is 1. The van der Waals surface area contributed by atoms with E-state index in [0.717, 1.165) is 16.7 Å². The molecule has 44 heavy (non-hydrogen) atoms. The lowest BCUT2D eigenvalue weighted by atomic mass is 9.87. The number of rotatable bonds is 8. The number of thiophene rings is 1. The van der Waals surface area contributed by atoms with Crippen LogP contribution in [0.25, 0.3) is 21.2 Å². The molecule has 1 fully saturated rings. The highest BCUT2D eigenvalue weighted by Crippen LogP contribution is 2.40. The van der Waals surface area contributed by atoms with Crippen molar-refractivity contribution in [3.63, 3.8) is 0 Å². The third-order valence-corrected chi connectivity index (χ3v) is 9.77. The average molecular weight is 638 g/mol. The number of carbonyl (C=O) groups is 2. The molecule has 2 heterocycles. The summed E-state index contributed by atoms with van der Waals surface area (Å²) in [4.78, 5) is 34.4. The molecule has 10 heteroatoms. The van der Waals surface area contributed by atoms with Crippen LogP contribution in [0.4, 0.5) is 9.18 Å². The molecule has 232 valence electrons. The van der Waals surface area contributed by atoms with E-state index in [1.807, 2.05) is 56.0 Å². The zero-order valence-corrected chi connectivity index (χ0v) is 26.9. The fourth-order valence-corrected chi connectivity index (χ4v) is 7.57. The number of pyridine rings is 1. The highest BCUT2D eigenvalue weighted by molar-refractivity contribution is 7.21. The largest absolute Gasteiger partial charge is 0.496 e. The molecule has 2 aromatic heterocycles. The predicted molar refractivity (Wildman–Crippen MR) is 173 cm³/mol. The van der Waals surface area contributed by atoms with E-state index < -0.39 is 11.9 Å². The third kappa shape index (κ3) is 6.84. The first-order chi connectivity index (χ1) is 21.0. The Hall–Kier alpha value is -3.69. The molecule has 5 rings (SSSR count). The van der Waals surface area contributed by atoms with Gasteiger partial charge >= 0.3 is 6.09 Å². The van der Waals surface area contributed by atoms with Gasteiger partial charge in [0, 0.05) is 53.2 Å². The maximum atomic E-state index is 14.8. The molecule has 7 nitrogen and oxygen atoms in total. The number of benzene rings is 2. The molecule has 0 bridgehead atoms. The van der Waals surface area contributed by atoms with Crippen molar-refractivity contribution in [1.82, 2.24) is 14.8 Å². The van der Waals surface area contributed by atoms with Crippen molar-refractivity contribution in [2.45, 2.75) is 65.1 Å². The Kier molecular flexibility index (Phi) is 9.46. The summed E-state index contributed by atoms with van der Waals surface area (Å²) in [5, 5.41) is 10.4. The van der Waals surface area contributed by atoms with Crippen molar-refractivity contribution >= 4 is 45.0 Å². The Morgan fingerprint density at radius 2 is 1.68 bits per heavy atom. The first kappa shape index (κ1) is 31.7. The molecule has 0 unspecified atom stereocenters. The Labute approximate surface area is 266 Å². The van der Waals surface area contributed by atoms with E-state index in [1.54, 1.807) is 36.5 Å². The lowest BCUT2D eigenvalue weighted by Crippen LogP contribution is -2.49. The molecule has 1 saturated carbocycles. The minimum atomic E-state index is -0.923. The zero-order valence-electron chi connectivity index (χ0n) is 25.3. The van der Waals surface area contributed by atoms with E-state index in [-0.39, 0.29) is 45.2 Å². The number of aromatic nitrogens is 1. The third-order valence-electron chi connectivity index (χ3n) is 8.13. The second-order valence-corrected chi connectivity index (χ2v) is 13.9. The van der Waals surface area contributed by atoms with Crippen molar-refractivity contribution < 1.29 is 23.8 Å². The summed E-state index contributed by atoms with van der Waals surface area (Å²) >= 11 is 7.88. The van der Waals surface area contributed by atoms with Crippen molar-refractivity contribution in [3.8, 4) is 16.9 Å². The molecule has 0 radical (unpaired) electrons. The summed E-state index contributed by atoms with van der Waals surface area (Å²) in [6, 6.07) is 14.1. The number of hydrogen-bond donors (Lipinski definition) is 1. The molecule has 1 aliphatic carbocycles. The maximum absolute atomic E-state index is 14.8. The summed E-state index contributed by atoms with van der Waals surface area (Å²) in [5.74, 6) is -0.0978. The van der Waals surface area contributed by atoms with Gasteiger partial charge in [-0.3, -0.25) is 9.78 Å². The van der Waals surface area contributed by atoms with E-state index in [0.29, 0.717) is 42.7 Å². The molecule has 1 N–H and O–H groups in total. The lowest BCUT2D eigenvalue weighted by Gasteiger charge is -2.41. The number of nitrogens with zero attached hydrogens (tertiary/aromatic N) is 3. The second kappa shape index (κ2) is 13.1. The van der Waals surface area contributed by atoms with Crippen LogP contribution >= 0.6 is 22.9 Å². The summed E-state index contributed by atoms with van der Waals surface area (Å²) in [7, 11) is 1.60. The zero-order chi connectivity index (χ0) is 31.6. The quantitative estimate of drug-likeness (QED) is 0.209. The Balaban J connectivity index is 1.50. The van der Waals surface area contributed by atoms with E-state index >= 15 is 0 Å². The molecule has 0 saturated heterocycles. The molecule has 4 aromatic rings. The van der Waals surface area contributed by atoms with E-state index in [4.69, 9.17) is 16.3 Å². The number of halogens is 2. The molecule has 2 aromatic carbocycles. The minimum absolute atomic E-state index is 0.117. The fraction of sp³-hybridized carbons (Fsp3) is 0.382. The van der Waals surface area contributed by atoms with Crippen molar-refractivity contribution in [2.24, 2.45) is 5.41 Å². The van der Waals surface area contributed by atoms with Gasteiger partial charge in [0.2, 0.25) is 0 Å². The van der Waals surface area contributed by atoms with E-state index in [9.17, 15) is 19.1 Å². The van der Waals surface area contributed by atoms with Gasteiger partial charge in [-0.1, -0.05) is 44.5 Å². The summed E-state index contributed by atoms with van der Waals surface area (Å²) in [6.07, 6.45) is 5.03. The highest BCUT2D eigenvalue weighted by Gasteiger charge is 2.36. The van der Waals surface area contributed by atoms with Gasteiger partial charge in [-0.05, 0) is 78.6 Å². The van der Waals surface area contributed by atoms with Crippen LogP contribution in [-0.4, -0.2) is 57.6 Å². The number of methoxy groups -OCH3 is 1. The van der Waals surface area contributed by atoms with Crippen LogP contribution in [0.1, 0.15) is 61.7 Å². The van der Waals surface area contributed by atoms with Gasteiger partial charge in [-0.15, -0.1) is 11.3 Å². The SMILES string of the molecule is COc1ccc(-c2ccncc2)cc1CN(C(=O)c1sc2cccc(F)c2c1Cl)C1CCC(N(CC(C)(C)C)C(=O)O)CC1. The van der Waals surface area contributed by atoms with Gasteiger partial charge in [0.1, 0.15) is 16.4 Å². The normalized spacial score (nSPS) is 17.0. The maximum Gasteiger partial charge on any atom is 0.407 e. The van der Waals surface area contributed by atoms with Gasteiger partial charge in [0.05, 0.1) is 12.1 Å². The van der Waals surface area contributed by atoms with Gasteiger partial charge in [0.15, 0.2) is 0 Å². The molecule has 0 spiro atoms.